The largest absolute Gasteiger partial charge is 0.481 e. The van der Waals surface area contributed by atoms with Gasteiger partial charge in [0, 0.05) is 18.1 Å². The molecule has 0 radical (unpaired) electrons. The summed E-state index contributed by atoms with van der Waals surface area (Å²) in [6.07, 6.45) is 5.51. The van der Waals surface area contributed by atoms with Gasteiger partial charge in [-0.15, -0.1) is 0 Å². The predicted octanol–water partition coefficient (Wildman–Crippen LogP) is 1.86. The third-order valence-corrected chi connectivity index (χ3v) is 5.06. The highest BCUT2D eigenvalue weighted by atomic mass is 16.4. The summed E-state index contributed by atoms with van der Waals surface area (Å²) in [5.41, 5.74) is -0.572. The van der Waals surface area contributed by atoms with E-state index in [4.69, 9.17) is 0 Å². The van der Waals surface area contributed by atoms with E-state index < -0.39 is 17.3 Å². The lowest BCUT2D eigenvalue weighted by Crippen LogP contribution is -2.56. The van der Waals surface area contributed by atoms with E-state index in [2.05, 4.69) is 17.3 Å². The number of carboxylic acids is 1. The molecule has 0 aromatic rings. The number of amides is 1. The molecule has 2 bridgehead atoms. The monoisotopic (exact) mass is 296 g/mol. The first-order valence-corrected chi connectivity index (χ1v) is 7.95. The van der Waals surface area contributed by atoms with Crippen molar-refractivity contribution in [3.05, 3.63) is 0 Å². The van der Waals surface area contributed by atoms with Crippen LogP contribution in [0.4, 0.5) is 0 Å². The molecule has 0 aliphatic carbocycles. The van der Waals surface area contributed by atoms with Crippen molar-refractivity contribution >= 4 is 11.9 Å². The lowest BCUT2D eigenvalue weighted by Gasteiger charge is -2.47. The summed E-state index contributed by atoms with van der Waals surface area (Å²) in [5.74, 6) is -2.35. The Morgan fingerprint density at radius 3 is 2.14 bits per heavy atom. The number of nitrogens with one attached hydrogen (secondary N) is 1. The molecule has 120 valence electrons. The van der Waals surface area contributed by atoms with Crippen LogP contribution in [-0.4, -0.2) is 47.1 Å². The molecule has 0 aromatic heterocycles. The van der Waals surface area contributed by atoms with E-state index in [1.807, 2.05) is 0 Å². The zero-order valence-electron chi connectivity index (χ0n) is 13.6. The standard InChI is InChI=1S/C16H28N2O3/c1-16(2,3)13(15(20)21)14(19)17-10-8-11-6-5-7-12(9-10)18(11)4/h10-13H,5-9H2,1-4H3,(H,17,19)(H,20,21). The highest BCUT2D eigenvalue weighted by molar-refractivity contribution is 5.97. The molecule has 0 aromatic carbocycles. The third kappa shape index (κ3) is 3.57. The Morgan fingerprint density at radius 1 is 1.19 bits per heavy atom. The number of aliphatic carboxylic acids is 1. The first-order valence-electron chi connectivity index (χ1n) is 7.95. The Morgan fingerprint density at radius 2 is 1.71 bits per heavy atom. The van der Waals surface area contributed by atoms with Crippen molar-refractivity contribution in [2.45, 2.75) is 71.0 Å². The van der Waals surface area contributed by atoms with Crippen LogP contribution in [0.15, 0.2) is 0 Å². The molecule has 2 N–H and O–H groups in total. The van der Waals surface area contributed by atoms with Gasteiger partial charge in [0.2, 0.25) is 5.91 Å². The second kappa shape index (κ2) is 5.95. The Balaban J connectivity index is 2.01. The Bertz CT molecular complexity index is 402. The second-order valence-corrected chi connectivity index (χ2v) is 7.72. The summed E-state index contributed by atoms with van der Waals surface area (Å²) >= 11 is 0. The Labute approximate surface area is 127 Å². The van der Waals surface area contributed by atoms with Crippen molar-refractivity contribution in [3.8, 4) is 0 Å². The molecule has 2 saturated heterocycles. The van der Waals surface area contributed by atoms with Crippen LogP contribution in [0, 0.1) is 11.3 Å². The van der Waals surface area contributed by atoms with Gasteiger partial charge in [-0.05, 0) is 38.1 Å². The lowest BCUT2D eigenvalue weighted by atomic mass is 9.79. The molecule has 1 amide bonds. The van der Waals surface area contributed by atoms with E-state index in [9.17, 15) is 14.7 Å². The number of nitrogens with zero attached hydrogens (tertiary/aromatic N) is 1. The maximum atomic E-state index is 12.4. The van der Waals surface area contributed by atoms with Gasteiger partial charge < -0.3 is 15.3 Å². The molecule has 21 heavy (non-hydrogen) atoms. The SMILES string of the molecule is CN1C2CCCC1CC(NC(=O)C(C(=O)O)C(C)(C)C)C2. The highest BCUT2D eigenvalue weighted by Crippen LogP contribution is 2.33. The lowest BCUT2D eigenvalue weighted by molar-refractivity contribution is -0.152. The molecule has 0 spiro atoms. The molecule has 2 fully saturated rings. The first kappa shape index (κ1) is 16.3. The zero-order chi connectivity index (χ0) is 15.8. The molecule has 2 aliphatic rings. The average Bonchev–Trinajstić information content (AvgIpc) is 2.27. The summed E-state index contributed by atoms with van der Waals surface area (Å²) in [6, 6.07) is 1.18. The van der Waals surface area contributed by atoms with Gasteiger partial charge in [-0.25, -0.2) is 0 Å². The molecule has 5 nitrogen and oxygen atoms in total. The Kier molecular flexibility index (Phi) is 4.61. The summed E-state index contributed by atoms with van der Waals surface area (Å²) < 4.78 is 0. The van der Waals surface area contributed by atoms with Gasteiger partial charge in [0.15, 0.2) is 0 Å². The van der Waals surface area contributed by atoms with Crippen molar-refractivity contribution in [1.82, 2.24) is 10.2 Å². The maximum absolute atomic E-state index is 12.4. The van der Waals surface area contributed by atoms with Crippen LogP contribution in [-0.2, 0) is 9.59 Å². The van der Waals surface area contributed by atoms with E-state index in [0.29, 0.717) is 12.1 Å². The smallest absolute Gasteiger partial charge is 0.316 e. The number of hydrogen-bond acceptors (Lipinski definition) is 3. The molecule has 0 saturated carbocycles. The van der Waals surface area contributed by atoms with Gasteiger partial charge in [0.25, 0.3) is 0 Å². The number of fused-ring (bicyclic) bond motifs is 2. The maximum Gasteiger partial charge on any atom is 0.316 e. The van der Waals surface area contributed by atoms with Crippen LogP contribution < -0.4 is 5.32 Å². The van der Waals surface area contributed by atoms with Crippen LogP contribution in [0.25, 0.3) is 0 Å². The molecule has 3 unspecified atom stereocenters. The van der Waals surface area contributed by atoms with Crippen LogP contribution >= 0.6 is 0 Å². The van der Waals surface area contributed by atoms with E-state index in [0.717, 1.165) is 12.8 Å². The third-order valence-electron chi connectivity index (χ3n) is 5.06. The molecule has 2 rings (SSSR count). The van der Waals surface area contributed by atoms with Gasteiger partial charge >= 0.3 is 5.97 Å². The fourth-order valence-corrected chi connectivity index (χ4v) is 3.89. The summed E-state index contributed by atoms with van der Waals surface area (Å²) in [7, 11) is 2.17. The van der Waals surface area contributed by atoms with E-state index in [1.54, 1.807) is 20.8 Å². The van der Waals surface area contributed by atoms with E-state index >= 15 is 0 Å². The van der Waals surface area contributed by atoms with Gasteiger partial charge in [-0.2, -0.15) is 0 Å². The van der Waals surface area contributed by atoms with Gasteiger partial charge in [-0.3, -0.25) is 9.59 Å². The zero-order valence-corrected chi connectivity index (χ0v) is 13.6. The number of rotatable bonds is 3. The van der Waals surface area contributed by atoms with Gasteiger partial charge in [-0.1, -0.05) is 27.2 Å². The topological polar surface area (TPSA) is 69.6 Å². The summed E-state index contributed by atoms with van der Waals surface area (Å²) in [5, 5.41) is 12.4. The van der Waals surface area contributed by atoms with Crippen molar-refractivity contribution in [2.24, 2.45) is 11.3 Å². The molecular formula is C16H28N2O3. The van der Waals surface area contributed by atoms with Gasteiger partial charge in [0.05, 0.1) is 0 Å². The second-order valence-electron chi connectivity index (χ2n) is 7.72. The molecular weight excluding hydrogens is 268 g/mol. The van der Waals surface area contributed by atoms with Crippen molar-refractivity contribution in [3.63, 3.8) is 0 Å². The van der Waals surface area contributed by atoms with Crippen LogP contribution in [0.2, 0.25) is 0 Å². The highest BCUT2D eigenvalue weighted by Gasteiger charge is 2.41. The van der Waals surface area contributed by atoms with Crippen molar-refractivity contribution in [1.29, 1.82) is 0 Å². The number of hydrogen-bond donors (Lipinski definition) is 2. The number of piperidine rings is 2. The molecule has 3 atom stereocenters. The predicted molar refractivity (Wildman–Crippen MR) is 80.9 cm³/mol. The van der Waals surface area contributed by atoms with E-state index in [1.165, 1.54) is 19.3 Å². The summed E-state index contributed by atoms with van der Waals surface area (Å²) in [4.78, 5) is 26.2. The molecule has 2 aliphatic heterocycles. The van der Waals surface area contributed by atoms with Gasteiger partial charge in [0.1, 0.15) is 5.92 Å². The average molecular weight is 296 g/mol. The van der Waals surface area contributed by atoms with Crippen LogP contribution in [0.5, 0.6) is 0 Å². The Hall–Kier alpha value is -1.10. The van der Waals surface area contributed by atoms with Crippen LogP contribution in [0.3, 0.4) is 0 Å². The quantitative estimate of drug-likeness (QED) is 0.780. The fraction of sp³-hybridized carbons (Fsp3) is 0.875. The van der Waals surface area contributed by atoms with Crippen molar-refractivity contribution in [2.75, 3.05) is 7.05 Å². The summed E-state index contributed by atoms with van der Waals surface area (Å²) in [6.45, 7) is 5.40. The van der Waals surface area contributed by atoms with E-state index in [-0.39, 0.29) is 11.9 Å². The fourth-order valence-electron chi connectivity index (χ4n) is 3.89. The number of carboxylic acid groups (broad SMARTS) is 1. The van der Waals surface area contributed by atoms with Crippen molar-refractivity contribution < 1.29 is 14.7 Å². The van der Waals surface area contributed by atoms with Crippen LogP contribution in [0.1, 0.15) is 52.9 Å². The number of carbonyl (C=O) groups excluding carboxylic acids is 1. The first-order chi connectivity index (χ1) is 9.70. The number of carbonyl (C=O) groups is 2. The molecule has 2 heterocycles. The minimum atomic E-state index is -1.03. The molecule has 5 heteroatoms. The normalized spacial score (nSPS) is 31.5. The minimum absolute atomic E-state index is 0.119. The minimum Gasteiger partial charge on any atom is -0.481 e.